The summed E-state index contributed by atoms with van der Waals surface area (Å²) in [4.78, 5) is 0. The monoisotopic (exact) mass is 443 g/mol. The third kappa shape index (κ3) is 6.78. The molecule has 0 aromatic heterocycles. The quantitative estimate of drug-likeness (QED) is 0.516. The lowest BCUT2D eigenvalue weighted by molar-refractivity contribution is 0.0938. The van der Waals surface area contributed by atoms with Crippen LogP contribution in [0.25, 0.3) is 0 Å². The first-order valence-electron chi connectivity index (χ1n) is 8.27. The zero-order valence-electron chi connectivity index (χ0n) is 14.6. The Kier molecular flexibility index (Phi) is 9.22. The van der Waals surface area contributed by atoms with Crippen LogP contribution in [0.2, 0.25) is 5.02 Å². The van der Waals surface area contributed by atoms with Crippen LogP contribution in [0.4, 0.5) is 0 Å². The van der Waals surface area contributed by atoms with Crippen LogP contribution in [-0.4, -0.2) is 38.6 Å². The summed E-state index contributed by atoms with van der Waals surface area (Å²) >= 11 is 9.48. The first-order valence-corrected chi connectivity index (χ1v) is 9.44. The third-order valence-electron chi connectivity index (χ3n) is 3.61. The Morgan fingerprint density at radius 2 is 1.88 bits per heavy atom. The van der Waals surface area contributed by atoms with E-state index in [1.807, 2.05) is 36.4 Å². The van der Waals surface area contributed by atoms with Gasteiger partial charge in [0.15, 0.2) is 11.5 Å². The standard InChI is InChI=1S/C19H23BrClNO4/c1-24-18-10-15(12-22-6-8-25-9-7-23)17(20)11-19(18)26-13-14-2-4-16(21)5-3-14/h2-5,10-11,22-23H,6-9,12-13H2,1H3. The van der Waals surface area contributed by atoms with Crippen molar-refractivity contribution >= 4 is 27.5 Å². The van der Waals surface area contributed by atoms with Gasteiger partial charge in [-0.2, -0.15) is 0 Å². The van der Waals surface area contributed by atoms with Crippen molar-refractivity contribution in [1.82, 2.24) is 5.32 Å². The second-order valence-electron chi connectivity index (χ2n) is 5.52. The van der Waals surface area contributed by atoms with Gasteiger partial charge in [0.25, 0.3) is 0 Å². The molecule has 0 aliphatic carbocycles. The van der Waals surface area contributed by atoms with Crippen LogP contribution < -0.4 is 14.8 Å². The largest absolute Gasteiger partial charge is 0.493 e. The predicted octanol–water partition coefficient (Wildman–Crippen LogP) is 3.79. The van der Waals surface area contributed by atoms with Crippen molar-refractivity contribution in [2.24, 2.45) is 0 Å². The number of aliphatic hydroxyl groups excluding tert-OH is 1. The van der Waals surface area contributed by atoms with Crippen molar-refractivity contribution in [2.75, 3.05) is 33.5 Å². The molecule has 7 heteroatoms. The fraction of sp³-hybridized carbons (Fsp3) is 0.368. The molecular formula is C19H23BrClNO4. The minimum Gasteiger partial charge on any atom is -0.493 e. The summed E-state index contributed by atoms with van der Waals surface area (Å²) in [5.74, 6) is 1.35. The van der Waals surface area contributed by atoms with Crippen molar-refractivity contribution in [2.45, 2.75) is 13.2 Å². The topological polar surface area (TPSA) is 60.0 Å². The molecule has 0 bridgehead atoms. The summed E-state index contributed by atoms with van der Waals surface area (Å²) in [5, 5.41) is 12.7. The first-order chi connectivity index (χ1) is 12.6. The van der Waals surface area contributed by atoms with Crippen molar-refractivity contribution < 1.29 is 19.3 Å². The van der Waals surface area contributed by atoms with Gasteiger partial charge in [-0.05, 0) is 35.4 Å². The smallest absolute Gasteiger partial charge is 0.162 e. The number of aliphatic hydroxyl groups is 1. The minimum absolute atomic E-state index is 0.0419. The van der Waals surface area contributed by atoms with Gasteiger partial charge in [-0.3, -0.25) is 0 Å². The number of nitrogens with one attached hydrogen (secondary N) is 1. The number of hydrogen-bond donors (Lipinski definition) is 2. The maximum absolute atomic E-state index is 8.67. The molecule has 2 rings (SSSR count). The van der Waals surface area contributed by atoms with Gasteiger partial charge >= 0.3 is 0 Å². The number of methoxy groups -OCH3 is 1. The Morgan fingerprint density at radius 3 is 2.58 bits per heavy atom. The highest BCUT2D eigenvalue weighted by atomic mass is 79.9. The number of rotatable bonds is 11. The van der Waals surface area contributed by atoms with Gasteiger partial charge < -0.3 is 24.6 Å². The van der Waals surface area contributed by atoms with Gasteiger partial charge in [-0.15, -0.1) is 0 Å². The van der Waals surface area contributed by atoms with Crippen LogP contribution in [0.1, 0.15) is 11.1 Å². The minimum atomic E-state index is 0.0419. The van der Waals surface area contributed by atoms with Crippen LogP contribution in [0.3, 0.4) is 0 Å². The lowest BCUT2D eigenvalue weighted by Crippen LogP contribution is -2.20. The lowest BCUT2D eigenvalue weighted by atomic mass is 10.2. The lowest BCUT2D eigenvalue weighted by Gasteiger charge is -2.14. The molecule has 0 radical (unpaired) electrons. The van der Waals surface area contributed by atoms with Gasteiger partial charge in [0.05, 0.1) is 26.9 Å². The van der Waals surface area contributed by atoms with Crippen molar-refractivity contribution in [3.8, 4) is 11.5 Å². The van der Waals surface area contributed by atoms with E-state index >= 15 is 0 Å². The van der Waals surface area contributed by atoms with Crippen LogP contribution >= 0.6 is 27.5 Å². The van der Waals surface area contributed by atoms with Crippen LogP contribution in [0, 0.1) is 0 Å². The van der Waals surface area contributed by atoms with E-state index in [1.54, 1.807) is 7.11 Å². The Bertz CT molecular complexity index is 682. The van der Waals surface area contributed by atoms with E-state index in [-0.39, 0.29) is 6.61 Å². The average Bonchev–Trinajstić information content (AvgIpc) is 2.65. The van der Waals surface area contributed by atoms with Crippen LogP contribution in [0.15, 0.2) is 40.9 Å². The summed E-state index contributed by atoms with van der Waals surface area (Å²) in [6.45, 7) is 2.75. The molecular weight excluding hydrogens is 422 g/mol. The molecule has 0 saturated heterocycles. The molecule has 5 nitrogen and oxygen atoms in total. The van der Waals surface area contributed by atoms with E-state index in [4.69, 9.17) is 30.9 Å². The SMILES string of the molecule is COc1cc(CNCCOCCO)c(Br)cc1OCc1ccc(Cl)cc1. The van der Waals surface area contributed by atoms with Crippen molar-refractivity contribution in [3.05, 3.63) is 57.0 Å². The van der Waals surface area contributed by atoms with Gasteiger partial charge in [0, 0.05) is 22.6 Å². The molecule has 0 unspecified atom stereocenters. The van der Waals surface area contributed by atoms with Crippen LogP contribution in [0.5, 0.6) is 11.5 Å². The molecule has 0 fully saturated rings. The van der Waals surface area contributed by atoms with Gasteiger partial charge in [0.2, 0.25) is 0 Å². The number of benzene rings is 2. The zero-order chi connectivity index (χ0) is 18.8. The summed E-state index contributed by atoms with van der Waals surface area (Å²) < 4.78 is 17.5. The maximum atomic E-state index is 8.67. The highest BCUT2D eigenvalue weighted by Crippen LogP contribution is 2.34. The molecule has 2 aromatic rings. The summed E-state index contributed by atoms with van der Waals surface area (Å²) in [5.41, 5.74) is 2.09. The fourth-order valence-corrected chi connectivity index (χ4v) is 2.85. The summed E-state index contributed by atoms with van der Waals surface area (Å²) in [6, 6.07) is 11.4. The molecule has 142 valence electrons. The average molecular weight is 445 g/mol. The zero-order valence-corrected chi connectivity index (χ0v) is 17.0. The fourth-order valence-electron chi connectivity index (χ4n) is 2.26. The molecule has 0 spiro atoms. The van der Waals surface area contributed by atoms with E-state index in [9.17, 15) is 0 Å². The molecule has 26 heavy (non-hydrogen) atoms. The third-order valence-corrected chi connectivity index (χ3v) is 4.60. The summed E-state index contributed by atoms with van der Waals surface area (Å²) in [6.07, 6.45) is 0. The van der Waals surface area contributed by atoms with Crippen LogP contribution in [-0.2, 0) is 17.9 Å². The molecule has 0 aliphatic rings. The van der Waals surface area contributed by atoms with Gasteiger partial charge in [-0.25, -0.2) is 0 Å². The van der Waals surface area contributed by atoms with Crippen molar-refractivity contribution in [1.29, 1.82) is 0 Å². The first kappa shape index (κ1) is 21.0. The Balaban J connectivity index is 1.93. The van der Waals surface area contributed by atoms with E-state index in [0.717, 1.165) is 15.6 Å². The highest BCUT2D eigenvalue weighted by Gasteiger charge is 2.10. The van der Waals surface area contributed by atoms with E-state index in [0.29, 0.717) is 49.4 Å². The number of ether oxygens (including phenoxy) is 3. The van der Waals surface area contributed by atoms with Crippen molar-refractivity contribution in [3.63, 3.8) is 0 Å². The molecule has 2 N–H and O–H groups in total. The molecule has 0 amide bonds. The summed E-state index contributed by atoms with van der Waals surface area (Å²) in [7, 11) is 1.62. The Hall–Kier alpha value is -1.31. The van der Waals surface area contributed by atoms with Gasteiger partial charge in [-0.1, -0.05) is 39.7 Å². The molecule has 0 aliphatic heterocycles. The molecule has 0 saturated carbocycles. The maximum Gasteiger partial charge on any atom is 0.162 e. The Morgan fingerprint density at radius 1 is 1.12 bits per heavy atom. The number of halogens is 2. The highest BCUT2D eigenvalue weighted by molar-refractivity contribution is 9.10. The molecule has 0 atom stereocenters. The van der Waals surface area contributed by atoms with Gasteiger partial charge in [0.1, 0.15) is 6.61 Å². The predicted molar refractivity (Wildman–Crippen MR) is 106 cm³/mol. The number of hydrogen-bond acceptors (Lipinski definition) is 5. The van der Waals surface area contributed by atoms with E-state index < -0.39 is 0 Å². The van der Waals surface area contributed by atoms with E-state index in [1.165, 1.54) is 0 Å². The Labute approximate surface area is 167 Å². The molecule has 0 heterocycles. The second kappa shape index (κ2) is 11.4. The van der Waals surface area contributed by atoms with E-state index in [2.05, 4.69) is 21.2 Å². The second-order valence-corrected chi connectivity index (χ2v) is 6.81. The molecule has 2 aromatic carbocycles. The normalized spacial score (nSPS) is 10.8.